The lowest BCUT2D eigenvalue weighted by Gasteiger charge is -2.05. The zero-order valence-electron chi connectivity index (χ0n) is 8.82. The average molecular weight is 286 g/mol. The van der Waals surface area contributed by atoms with E-state index in [0.717, 1.165) is 5.56 Å². The summed E-state index contributed by atoms with van der Waals surface area (Å²) in [6.45, 7) is 0. The third-order valence-corrected chi connectivity index (χ3v) is 3.52. The third-order valence-electron chi connectivity index (χ3n) is 2.12. The molecule has 0 aliphatic carbocycles. The molecule has 1 N–H and O–H groups in total. The van der Waals surface area contributed by atoms with E-state index in [-0.39, 0.29) is 5.91 Å². The molecule has 3 nitrogen and oxygen atoms in total. The van der Waals surface area contributed by atoms with E-state index in [1.807, 2.05) is 0 Å². The molecule has 1 amide bonds. The van der Waals surface area contributed by atoms with E-state index < -0.39 is 0 Å². The maximum absolute atomic E-state index is 11.5. The Balaban J connectivity index is 2.41. The van der Waals surface area contributed by atoms with Crippen LogP contribution in [0.2, 0.25) is 5.02 Å². The van der Waals surface area contributed by atoms with Crippen molar-refractivity contribution in [2.45, 2.75) is 0 Å². The summed E-state index contributed by atoms with van der Waals surface area (Å²) >= 11 is 12.0. The summed E-state index contributed by atoms with van der Waals surface area (Å²) < 4.78 is 5.66. The number of carbonyl (C=O) groups is 1. The van der Waals surface area contributed by atoms with Gasteiger partial charge in [0.1, 0.15) is 10.1 Å². The molecule has 2 rings (SSSR count). The first-order chi connectivity index (χ1) is 8.10. The highest BCUT2D eigenvalue weighted by Crippen LogP contribution is 2.30. The molecule has 0 unspecified atom stereocenters. The first-order valence-electron chi connectivity index (χ1n) is 4.68. The van der Waals surface area contributed by atoms with Crippen LogP contribution in [-0.2, 0) is 4.79 Å². The van der Waals surface area contributed by atoms with Crippen LogP contribution in [0.3, 0.4) is 0 Å². The second kappa shape index (κ2) is 5.08. The number of halogens is 1. The predicted molar refractivity (Wildman–Crippen MR) is 74.3 cm³/mol. The maximum atomic E-state index is 11.5. The number of hydrogen-bond donors (Lipinski definition) is 1. The lowest BCUT2D eigenvalue weighted by Crippen LogP contribution is -2.17. The van der Waals surface area contributed by atoms with Crippen molar-refractivity contribution >= 4 is 51.9 Å². The highest BCUT2D eigenvalue weighted by Gasteiger charge is 2.22. The van der Waals surface area contributed by atoms with E-state index in [9.17, 15) is 4.79 Å². The molecule has 1 heterocycles. The van der Waals surface area contributed by atoms with Crippen LogP contribution >= 0.6 is 35.6 Å². The molecule has 0 bridgehead atoms. The molecule has 1 aliphatic heterocycles. The first-order valence-corrected chi connectivity index (χ1v) is 6.29. The normalized spacial score (nSPS) is 17.4. The van der Waals surface area contributed by atoms with Crippen LogP contribution in [0.15, 0.2) is 23.1 Å². The molecule has 0 aromatic heterocycles. The second-order valence-corrected chi connectivity index (χ2v) is 5.39. The number of amides is 1. The lowest BCUT2D eigenvalue weighted by molar-refractivity contribution is -0.115. The zero-order chi connectivity index (χ0) is 12.4. The van der Waals surface area contributed by atoms with Gasteiger partial charge in [-0.2, -0.15) is 0 Å². The molecular formula is C11H8ClNO2S2. The summed E-state index contributed by atoms with van der Waals surface area (Å²) in [6.07, 6.45) is 1.71. The van der Waals surface area contributed by atoms with Gasteiger partial charge in [0.05, 0.1) is 12.0 Å². The second-order valence-electron chi connectivity index (χ2n) is 3.24. The van der Waals surface area contributed by atoms with Crippen molar-refractivity contribution in [1.82, 2.24) is 5.32 Å². The van der Waals surface area contributed by atoms with Gasteiger partial charge in [-0.05, 0) is 24.3 Å². The van der Waals surface area contributed by atoms with Gasteiger partial charge in [0.25, 0.3) is 5.91 Å². The van der Waals surface area contributed by atoms with Crippen molar-refractivity contribution in [1.29, 1.82) is 0 Å². The fourth-order valence-corrected chi connectivity index (χ4v) is 2.60. The van der Waals surface area contributed by atoms with Crippen molar-refractivity contribution in [3.05, 3.63) is 33.7 Å². The SMILES string of the molecule is COc1ccc(Cl)cc1/C=C1/SC(=S)NC1=O. The monoisotopic (exact) mass is 285 g/mol. The Morgan fingerprint density at radius 3 is 2.88 bits per heavy atom. The summed E-state index contributed by atoms with van der Waals surface area (Å²) in [5.41, 5.74) is 0.752. The Bertz CT molecular complexity index is 528. The van der Waals surface area contributed by atoms with Crippen LogP contribution in [0.25, 0.3) is 6.08 Å². The fraction of sp³-hybridized carbons (Fsp3) is 0.0909. The molecular weight excluding hydrogens is 278 g/mol. The molecule has 88 valence electrons. The van der Waals surface area contributed by atoms with Crippen LogP contribution < -0.4 is 10.1 Å². The summed E-state index contributed by atoms with van der Waals surface area (Å²) in [5, 5.41) is 3.14. The largest absolute Gasteiger partial charge is 0.496 e. The predicted octanol–water partition coefficient (Wildman–Crippen LogP) is 2.84. The molecule has 1 aromatic rings. The number of thiocarbonyl (C=S) groups is 1. The summed E-state index contributed by atoms with van der Waals surface area (Å²) in [4.78, 5) is 12.0. The third kappa shape index (κ3) is 2.80. The van der Waals surface area contributed by atoms with Gasteiger partial charge in [0.2, 0.25) is 0 Å². The van der Waals surface area contributed by atoms with Crippen molar-refractivity contribution in [2.75, 3.05) is 7.11 Å². The Kier molecular flexibility index (Phi) is 3.71. The zero-order valence-corrected chi connectivity index (χ0v) is 11.2. The Morgan fingerprint density at radius 1 is 1.53 bits per heavy atom. The Morgan fingerprint density at radius 2 is 2.29 bits per heavy atom. The lowest BCUT2D eigenvalue weighted by atomic mass is 10.2. The van der Waals surface area contributed by atoms with E-state index in [1.165, 1.54) is 11.8 Å². The smallest absolute Gasteiger partial charge is 0.263 e. The summed E-state index contributed by atoms with van der Waals surface area (Å²) in [7, 11) is 1.57. The number of rotatable bonds is 2. The highest BCUT2D eigenvalue weighted by molar-refractivity contribution is 8.26. The van der Waals surface area contributed by atoms with Gasteiger partial charge in [-0.1, -0.05) is 35.6 Å². The molecule has 6 heteroatoms. The first kappa shape index (κ1) is 12.4. The molecule has 1 aromatic carbocycles. The minimum Gasteiger partial charge on any atom is -0.496 e. The summed E-state index contributed by atoms with van der Waals surface area (Å²) in [5.74, 6) is 0.468. The molecule has 0 spiro atoms. The maximum Gasteiger partial charge on any atom is 0.263 e. The van der Waals surface area contributed by atoms with Crippen molar-refractivity contribution in [3.8, 4) is 5.75 Å². The number of thioether (sulfide) groups is 1. The van der Waals surface area contributed by atoms with Crippen molar-refractivity contribution in [3.63, 3.8) is 0 Å². The summed E-state index contributed by atoms with van der Waals surface area (Å²) in [6, 6.07) is 5.22. The number of benzene rings is 1. The van der Waals surface area contributed by atoms with Crippen LogP contribution in [0.4, 0.5) is 0 Å². The quantitative estimate of drug-likeness (QED) is 0.670. The standard InChI is InChI=1S/C11H8ClNO2S2/c1-15-8-3-2-7(12)4-6(8)5-9-10(14)13-11(16)17-9/h2-5H,1H3,(H,13,14,16)/b9-5+. The minimum atomic E-state index is -0.193. The van der Waals surface area contributed by atoms with Gasteiger partial charge in [-0.15, -0.1) is 0 Å². The average Bonchev–Trinajstić information content (AvgIpc) is 2.58. The molecule has 1 aliphatic rings. The van der Waals surface area contributed by atoms with Crippen molar-refractivity contribution in [2.24, 2.45) is 0 Å². The number of ether oxygens (including phenoxy) is 1. The molecule has 0 atom stereocenters. The molecule has 0 saturated carbocycles. The van der Waals surface area contributed by atoms with E-state index >= 15 is 0 Å². The van der Waals surface area contributed by atoms with Crippen LogP contribution in [0, 0.1) is 0 Å². The van der Waals surface area contributed by atoms with E-state index in [1.54, 1.807) is 31.4 Å². The topological polar surface area (TPSA) is 38.3 Å². The van der Waals surface area contributed by atoms with Gasteiger partial charge in [-0.25, -0.2) is 0 Å². The number of hydrogen-bond acceptors (Lipinski definition) is 4. The van der Waals surface area contributed by atoms with Gasteiger partial charge < -0.3 is 10.1 Å². The highest BCUT2D eigenvalue weighted by atomic mass is 35.5. The van der Waals surface area contributed by atoms with Gasteiger partial charge >= 0.3 is 0 Å². The van der Waals surface area contributed by atoms with Crippen LogP contribution in [0.5, 0.6) is 5.75 Å². The van der Waals surface area contributed by atoms with Gasteiger partial charge in [-0.3, -0.25) is 4.79 Å². The van der Waals surface area contributed by atoms with Gasteiger partial charge in [0.15, 0.2) is 0 Å². The fourth-order valence-electron chi connectivity index (χ4n) is 1.38. The van der Waals surface area contributed by atoms with Crippen molar-refractivity contribution < 1.29 is 9.53 Å². The molecule has 17 heavy (non-hydrogen) atoms. The number of methoxy groups -OCH3 is 1. The van der Waals surface area contributed by atoms with Crippen LogP contribution in [-0.4, -0.2) is 17.3 Å². The van der Waals surface area contributed by atoms with E-state index in [2.05, 4.69) is 5.32 Å². The van der Waals surface area contributed by atoms with Crippen LogP contribution in [0.1, 0.15) is 5.56 Å². The molecule has 1 saturated heterocycles. The minimum absolute atomic E-state index is 0.193. The molecule has 0 radical (unpaired) electrons. The number of nitrogens with one attached hydrogen (secondary N) is 1. The Labute approximate surface area is 113 Å². The number of carbonyl (C=O) groups excluding carboxylic acids is 1. The van der Waals surface area contributed by atoms with Gasteiger partial charge in [0, 0.05) is 10.6 Å². The van der Waals surface area contributed by atoms with E-state index in [4.69, 9.17) is 28.6 Å². The molecule has 1 fully saturated rings. The Hall–Kier alpha value is -1.04. The van der Waals surface area contributed by atoms with E-state index in [0.29, 0.717) is 20.0 Å².